The fourth-order valence-corrected chi connectivity index (χ4v) is 2.26. The lowest BCUT2D eigenvalue weighted by Crippen LogP contribution is -2.20. The number of nitrogens with one attached hydrogen (secondary N) is 1. The maximum Gasteiger partial charge on any atom is 0.240 e. The van der Waals surface area contributed by atoms with Crippen LogP contribution in [0.4, 0.5) is 5.69 Å². The van der Waals surface area contributed by atoms with Crippen LogP contribution in [0.25, 0.3) is 0 Å². The van der Waals surface area contributed by atoms with E-state index in [1.165, 1.54) is 13.1 Å². The molecule has 0 fully saturated rings. The van der Waals surface area contributed by atoms with Gasteiger partial charge in [-0.1, -0.05) is 6.92 Å². The zero-order chi connectivity index (χ0) is 10.8. The van der Waals surface area contributed by atoms with Crippen LogP contribution in [0, 0.1) is 0 Å². The molecular weight excluding hydrogens is 200 g/mol. The average molecular weight is 214 g/mol. The minimum absolute atomic E-state index is 0.303. The molecule has 0 aromatic heterocycles. The molecule has 0 saturated heterocycles. The Bertz CT molecular complexity index is 426. The van der Waals surface area contributed by atoms with Crippen LogP contribution in [0.1, 0.15) is 12.5 Å². The van der Waals surface area contributed by atoms with Gasteiger partial charge in [0.25, 0.3) is 0 Å². The van der Waals surface area contributed by atoms with Gasteiger partial charge in [0.2, 0.25) is 10.0 Å². The van der Waals surface area contributed by atoms with Crippen molar-refractivity contribution in [2.75, 3.05) is 12.8 Å². The normalized spacial score (nSPS) is 11.6. The van der Waals surface area contributed by atoms with E-state index in [0.717, 1.165) is 5.56 Å². The first-order valence-electron chi connectivity index (χ1n) is 4.33. The molecule has 0 saturated carbocycles. The molecule has 4 nitrogen and oxygen atoms in total. The predicted molar refractivity (Wildman–Crippen MR) is 56.5 cm³/mol. The molecule has 0 unspecified atom stereocenters. The largest absolute Gasteiger partial charge is 0.399 e. The van der Waals surface area contributed by atoms with E-state index in [1.807, 2.05) is 6.92 Å². The van der Waals surface area contributed by atoms with E-state index in [9.17, 15) is 8.42 Å². The van der Waals surface area contributed by atoms with Crippen LogP contribution < -0.4 is 10.5 Å². The third kappa shape index (κ3) is 2.05. The number of nitrogen functional groups attached to an aromatic ring is 1. The molecule has 3 N–H and O–H groups in total. The fourth-order valence-electron chi connectivity index (χ4n) is 1.25. The summed E-state index contributed by atoms with van der Waals surface area (Å²) in [5.74, 6) is 0. The van der Waals surface area contributed by atoms with E-state index in [2.05, 4.69) is 4.72 Å². The van der Waals surface area contributed by atoms with Gasteiger partial charge in [0, 0.05) is 5.69 Å². The molecule has 0 heterocycles. The predicted octanol–water partition coefficient (Wildman–Crippen LogP) is 0.739. The van der Waals surface area contributed by atoms with E-state index in [1.54, 1.807) is 12.1 Å². The molecule has 0 aliphatic heterocycles. The number of anilines is 1. The Morgan fingerprint density at radius 2 is 2.07 bits per heavy atom. The van der Waals surface area contributed by atoms with Crippen molar-refractivity contribution in [3.05, 3.63) is 23.8 Å². The Morgan fingerprint density at radius 1 is 1.43 bits per heavy atom. The molecule has 0 aliphatic rings. The Balaban J connectivity index is 3.35. The van der Waals surface area contributed by atoms with Gasteiger partial charge < -0.3 is 5.73 Å². The van der Waals surface area contributed by atoms with Gasteiger partial charge in [-0.05, 0) is 37.2 Å². The summed E-state index contributed by atoms with van der Waals surface area (Å²) in [5, 5.41) is 0. The lowest BCUT2D eigenvalue weighted by Gasteiger charge is -2.08. The number of hydrogen-bond donors (Lipinski definition) is 2. The maximum atomic E-state index is 11.5. The van der Waals surface area contributed by atoms with E-state index in [4.69, 9.17) is 5.73 Å². The Labute approximate surface area is 84.2 Å². The summed E-state index contributed by atoms with van der Waals surface area (Å²) in [6.45, 7) is 1.89. The van der Waals surface area contributed by atoms with Gasteiger partial charge in [-0.3, -0.25) is 0 Å². The molecule has 0 spiro atoms. The smallest absolute Gasteiger partial charge is 0.240 e. The number of sulfonamides is 1. The highest BCUT2D eigenvalue weighted by Crippen LogP contribution is 2.18. The van der Waals surface area contributed by atoms with Crippen molar-refractivity contribution < 1.29 is 8.42 Å². The van der Waals surface area contributed by atoms with Crippen LogP contribution in [0.5, 0.6) is 0 Å². The summed E-state index contributed by atoms with van der Waals surface area (Å²) in [5.41, 5.74) is 6.89. The van der Waals surface area contributed by atoms with Gasteiger partial charge in [-0.2, -0.15) is 0 Å². The first-order valence-corrected chi connectivity index (χ1v) is 5.81. The van der Waals surface area contributed by atoms with E-state index in [-0.39, 0.29) is 0 Å². The van der Waals surface area contributed by atoms with Crippen LogP contribution in [0.2, 0.25) is 0 Å². The maximum absolute atomic E-state index is 11.5. The van der Waals surface area contributed by atoms with Gasteiger partial charge in [0.1, 0.15) is 0 Å². The first kappa shape index (κ1) is 11.0. The second-order valence-corrected chi connectivity index (χ2v) is 4.78. The number of nitrogens with two attached hydrogens (primary N) is 1. The van der Waals surface area contributed by atoms with Crippen molar-refractivity contribution in [1.29, 1.82) is 0 Å². The standard InChI is InChI=1S/C9H14N2O2S/c1-3-7-6-8(10)4-5-9(7)14(12,13)11-2/h4-6,11H,3,10H2,1-2H3. The van der Waals surface area contributed by atoms with Crippen molar-refractivity contribution in [2.24, 2.45) is 0 Å². The highest BCUT2D eigenvalue weighted by atomic mass is 32.2. The highest BCUT2D eigenvalue weighted by Gasteiger charge is 2.15. The quantitative estimate of drug-likeness (QED) is 0.729. The molecule has 0 amide bonds. The highest BCUT2D eigenvalue weighted by molar-refractivity contribution is 7.89. The summed E-state index contributed by atoms with van der Waals surface area (Å²) in [7, 11) is -1.97. The number of hydrogen-bond acceptors (Lipinski definition) is 3. The second kappa shape index (κ2) is 3.98. The van der Waals surface area contributed by atoms with Crippen LogP contribution in [-0.4, -0.2) is 15.5 Å². The summed E-state index contributed by atoms with van der Waals surface area (Å²) in [6.07, 6.45) is 0.640. The van der Waals surface area contributed by atoms with Crippen LogP contribution in [0.3, 0.4) is 0 Å². The zero-order valence-electron chi connectivity index (χ0n) is 8.24. The topological polar surface area (TPSA) is 72.2 Å². The molecule has 14 heavy (non-hydrogen) atoms. The Hall–Kier alpha value is -1.07. The third-order valence-corrected chi connectivity index (χ3v) is 3.54. The first-order chi connectivity index (χ1) is 6.51. The lowest BCUT2D eigenvalue weighted by molar-refractivity contribution is 0.587. The van der Waals surface area contributed by atoms with E-state index < -0.39 is 10.0 Å². The van der Waals surface area contributed by atoms with Gasteiger partial charge in [0.05, 0.1) is 4.90 Å². The van der Waals surface area contributed by atoms with Crippen LogP contribution in [-0.2, 0) is 16.4 Å². The van der Waals surface area contributed by atoms with Crippen molar-refractivity contribution in [1.82, 2.24) is 4.72 Å². The van der Waals surface area contributed by atoms with Crippen molar-refractivity contribution in [3.8, 4) is 0 Å². The molecule has 1 aromatic carbocycles. The lowest BCUT2D eigenvalue weighted by atomic mass is 10.1. The van der Waals surface area contributed by atoms with Gasteiger partial charge in [-0.25, -0.2) is 13.1 Å². The SMILES string of the molecule is CCc1cc(N)ccc1S(=O)(=O)NC. The van der Waals surface area contributed by atoms with E-state index >= 15 is 0 Å². The third-order valence-electron chi connectivity index (χ3n) is 2.02. The van der Waals surface area contributed by atoms with Crippen LogP contribution >= 0.6 is 0 Å². The Morgan fingerprint density at radius 3 is 2.57 bits per heavy atom. The molecule has 5 heteroatoms. The summed E-state index contributed by atoms with van der Waals surface area (Å²) in [4.78, 5) is 0.303. The molecule has 1 aromatic rings. The zero-order valence-corrected chi connectivity index (χ0v) is 9.06. The summed E-state index contributed by atoms with van der Waals surface area (Å²) in [6, 6.07) is 4.80. The van der Waals surface area contributed by atoms with Gasteiger partial charge in [-0.15, -0.1) is 0 Å². The van der Waals surface area contributed by atoms with Crippen molar-refractivity contribution in [3.63, 3.8) is 0 Å². The molecule has 1 rings (SSSR count). The van der Waals surface area contributed by atoms with Crippen molar-refractivity contribution in [2.45, 2.75) is 18.2 Å². The number of rotatable bonds is 3. The molecule has 0 atom stereocenters. The molecule has 0 aliphatic carbocycles. The van der Waals surface area contributed by atoms with Crippen molar-refractivity contribution >= 4 is 15.7 Å². The van der Waals surface area contributed by atoms with Gasteiger partial charge in [0.15, 0.2) is 0 Å². The molecule has 78 valence electrons. The minimum Gasteiger partial charge on any atom is -0.399 e. The monoisotopic (exact) mass is 214 g/mol. The Kier molecular flexibility index (Phi) is 3.13. The average Bonchev–Trinajstić information content (AvgIpc) is 2.17. The number of aryl methyl sites for hydroxylation is 1. The van der Waals surface area contributed by atoms with Gasteiger partial charge >= 0.3 is 0 Å². The van der Waals surface area contributed by atoms with Crippen LogP contribution in [0.15, 0.2) is 23.1 Å². The summed E-state index contributed by atoms with van der Waals surface area (Å²) < 4.78 is 25.4. The second-order valence-electron chi connectivity index (χ2n) is 2.93. The minimum atomic E-state index is -3.36. The molecular formula is C9H14N2O2S. The summed E-state index contributed by atoms with van der Waals surface area (Å²) >= 11 is 0. The number of benzene rings is 1. The molecule has 0 bridgehead atoms. The molecule has 0 radical (unpaired) electrons. The fraction of sp³-hybridized carbons (Fsp3) is 0.333. The van der Waals surface area contributed by atoms with E-state index in [0.29, 0.717) is 17.0 Å².